The molecular formula is C22H28NO10P. The van der Waals surface area contributed by atoms with Gasteiger partial charge < -0.3 is 14.6 Å². The lowest BCUT2D eigenvalue weighted by atomic mass is 9.94. The van der Waals surface area contributed by atoms with Crippen LogP contribution in [-0.4, -0.2) is 71.0 Å². The van der Waals surface area contributed by atoms with Gasteiger partial charge in [0, 0.05) is 12.6 Å². The Morgan fingerprint density at radius 3 is 2.79 bits per heavy atom. The van der Waals surface area contributed by atoms with Gasteiger partial charge >= 0.3 is 13.8 Å². The minimum atomic E-state index is -4.08. The Kier molecular flexibility index (Phi) is 7.57. The van der Waals surface area contributed by atoms with Gasteiger partial charge in [0.2, 0.25) is 5.91 Å². The van der Waals surface area contributed by atoms with Gasteiger partial charge in [0.05, 0.1) is 19.6 Å². The Balaban J connectivity index is 1.29. The Morgan fingerprint density at radius 1 is 1.32 bits per heavy atom. The van der Waals surface area contributed by atoms with Gasteiger partial charge in [0.25, 0.3) is 0 Å². The van der Waals surface area contributed by atoms with Gasteiger partial charge in [-0.2, -0.15) is 0 Å². The molecule has 1 N–H and O–H groups in total. The molecule has 186 valence electrons. The van der Waals surface area contributed by atoms with E-state index in [0.717, 1.165) is 30.6 Å². The summed E-state index contributed by atoms with van der Waals surface area (Å²) in [5.41, 5.74) is -2.15. The standard InChI is InChI=1S/C22H28NO10P/c1-2-22(27)20-17(32-21(22)23-11-10-15(24)13-18(23)25)14-30-34(28,33-20)29-12-6-5-9-19(26)31-16-7-3-4-8-16/h1,10-11,16-17,20-21,27H,3-9,12-14H2/t17-,20-,21-,22-,34-/m1/s1. The van der Waals surface area contributed by atoms with Crippen molar-refractivity contribution in [1.29, 1.82) is 0 Å². The first-order valence-corrected chi connectivity index (χ1v) is 12.8. The molecule has 3 heterocycles. The van der Waals surface area contributed by atoms with Crippen molar-refractivity contribution in [3.63, 3.8) is 0 Å². The topological polar surface area (TPSA) is 138 Å². The molecule has 5 atom stereocenters. The number of carbonyl (C=O) groups is 3. The van der Waals surface area contributed by atoms with Crippen LogP contribution in [0.2, 0.25) is 0 Å². The van der Waals surface area contributed by atoms with Crippen molar-refractivity contribution in [2.24, 2.45) is 0 Å². The van der Waals surface area contributed by atoms with Gasteiger partial charge in [-0.25, -0.2) is 4.57 Å². The number of hydrogen-bond acceptors (Lipinski definition) is 10. The maximum atomic E-state index is 13.0. The van der Waals surface area contributed by atoms with E-state index in [4.69, 9.17) is 29.5 Å². The molecule has 11 nitrogen and oxygen atoms in total. The first kappa shape index (κ1) is 25.0. The fraction of sp³-hybridized carbons (Fsp3) is 0.682. The summed E-state index contributed by atoms with van der Waals surface area (Å²) in [6, 6.07) is 0. The molecule has 1 amide bonds. The zero-order valence-electron chi connectivity index (χ0n) is 18.6. The lowest BCUT2D eigenvalue weighted by molar-refractivity contribution is -0.153. The number of aliphatic hydroxyl groups is 1. The van der Waals surface area contributed by atoms with E-state index in [2.05, 4.69) is 5.92 Å². The fourth-order valence-electron chi connectivity index (χ4n) is 4.43. The van der Waals surface area contributed by atoms with Crippen LogP contribution in [0.3, 0.4) is 0 Å². The fourth-order valence-corrected chi connectivity index (χ4v) is 5.88. The number of ether oxygens (including phenoxy) is 2. The molecule has 0 unspecified atom stereocenters. The van der Waals surface area contributed by atoms with Crippen LogP contribution in [0.15, 0.2) is 12.3 Å². The number of esters is 1. The minimum absolute atomic E-state index is 0.0140. The van der Waals surface area contributed by atoms with Crippen LogP contribution in [0.5, 0.6) is 0 Å². The second kappa shape index (κ2) is 10.3. The summed E-state index contributed by atoms with van der Waals surface area (Å²) in [5, 5.41) is 11.1. The molecule has 0 aromatic carbocycles. The molecule has 3 aliphatic heterocycles. The van der Waals surface area contributed by atoms with Crippen LogP contribution < -0.4 is 0 Å². The maximum absolute atomic E-state index is 13.0. The third-order valence-corrected chi connectivity index (χ3v) is 7.68. The summed E-state index contributed by atoms with van der Waals surface area (Å²) in [5.74, 6) is 0.938. The zero-order chi connectivity index (χ0) is 24.3. The van der Waals surface area contributed by atoms with E-state index in [1.54, 1.807) is 0 Å². The number of allylic oxidation sites excluding steroid dienone is 1. The first-order chi connectivity index (χ1) is 16.2. The number of fused-ring (bicyclic) bond motifs is 1. The van der Waals surface area contributed by atoms with Crippen molar-refractivity contribution in [3.8, 4) is 12.3 Å². The lowest BCUT2D eigenvalue weighted by Crippen LogP contribution is -2.56. The van der Waals surface area contributed by atoms with Crippen LogP contribution in [0, 0.1) is 12.3 Å². The molecule has 0 aromatic rings. The van der Waals surface area contributed by atoms with Gasteiger partial charge in [0.15, 0.2) is 17.6 Å². The van der Waals surface area contributed by atoms with Crippen molar-refractivity contribution in [3.05, 3.63) is 12.3 Å². The summed E-state index contributed by atoms with van der Waals surface area (Å²) < 4.78 is 40.1. The molecule has 0 radical (unpaired) electrons. The molecule has 3 fully saturated rings. The molecular weight excluding hydrogens is 469 g/mol. The Bertz CT molecular complexity index is 938. The smallest absolute Gasteiger partial charge is 0.462 e. The number of ketones is 1. The van der Waals surface area contributed by atoms with E-state index in [1.807, 2.05) is 0 Å². The van der Waals surface area contributed by atoms with Gasteiger partial charge in [-0.05, 0) is 44.6 Å². The van der Waals surface area contributed by atoms with Gasteiger partial charge in [-0.3, -0.25) is 32.9 Å². The first-order valence-electron chi connectivity index (χ1n) is 11.4. The highest BCUT2D eigenvalue weighted by Gasteiger charge is 2.63. The van der Waals surface area contributed by atoms with Crippen LogP contribution in [0.4, 0.5) is 0 Å². The van der Waals surface area contributed by atoms with Crippen LogP contribution in [0.25, 0.3) is 0 Å². The normalized spacial score (nSPS) is 35.9. The van der Waals surface area contributed by atoms with Gasteiger partial charge in [-0.1, -0.05) is 5.92 Å². The molecule has 34 heavy (non-hydrogen) atoms. The second-order valence-corrected chi connectivity index (χ2v) is 10.3. The number of phosphoric ester groups is 1. The van der Waals surface area contributed by atoms with Crippen LogP contribution >= 0.6 is 7.82 Å². The third-order valence-electron chi connectivity index (χ3n) is 6.23. The average Bonchev–Trinajstić information content (AvgIpc) is 3.40. The lowest BCUT2D eigenvalue weighted by Gasteiger charge is -2.36. The van der Waals surface area contributed by atoms with Gasteiger partial charge in [0.1, 0.15) is 18.3 Å². The summed E-state index contributed by atoms with van der Waals surface area (Å²) in [4.78, 5) is 36.7. The molecule has 2 saturated heterocycles. The summed E-state index contributed by atoms with van der Waals surface area (Å²) in [7, 11) is -4.08. The maximum Gasteiger partial charge on any atom is 0.475 e. The van der Waals surface area contributed by atoms with Crippen molar-refractivity contribution in [2.75, 3.05) is 13.2 Å². The molecule has 1 aliphatic carbocycles. The highest BCUT2D eigenvalue weighted by Crippen LogP contribution is 2.57. The minimum Gasteiger partial charge on any atom is -0.462 e. The van der Waals surface area contributed by atoms with Crippen molar-refractivity contribution in [2.45, 2.75) is 81.5 Å². The molecule has 12 heteroatoms. The number of amides is 1. The number of hydrogen-bond donors (Lipinski definition) is 1. The second-order valence-electron chi connectivity index (χ2n) is 8.71. The largest absolute Gasteiger partial charge is 0.475 e. The molecule has 4 rings (SSSR count). The molecule has 0 aromatic heterocycles. The van der Waals surface area contributed by atoms with E-state index in [0.29, 0.717) is 12.8 Å². The van der Waals surface area contributed by atoms with Crippen LogP contribution in [-0.2, 0) is 42.0 Å². The quantitative estimate of drug-likeness (QED) is 0.173. The number of terminal acetylenes is 1. The van der Waals surface area contributed by atoms with E-state index in [1.165, 1.54) is 12.3 Å². The van der Waals surface area contributed by atoms with Gasteiger partial charge in [-0.15, -0.1) is 6.42 Å². The van der Waals surface area contributed by atoms with E-state index in [9.17, 15) is 24.1 Å². The Hall–Kier alpha value is -2.06. The number of phosphoric acid groups is 1. The molecule has 4 aliphatic rings. The van der Waals surface area contributed by atoms with Crippen molar-refractivity contribution < 1.29 is 47.1 Å². The molecule has 0 bridgehead atoms. The van der Waals surface area contributed by atoms with E-state index >= 15 is 0 Å². The number of rotatable bonds is 8. The van der Waals surface area contributed by atoms with Crippen LogP contribution in [0.1, 0.15) is 51.4 Å². The zero-order valence-corrected chi connectivity index (χ0v) is 19.5. The Labute approximate surface area is 197 Å². The van der Waals surface area contributed by atoms with E-state index < -0.39 is 37.8 Å². The van der Waals surface area contributed by atoms with Crippen molar-refractivity contribution >= 4 is 25.5 Å². The predicted molar refractivity (Wildman–Crippen MR) is 115 cm³/mol. The summed E-state index contributed by atoms with van der Waals surface area (Å²) in [6.45, 7) is -0.263. The predicted octanol–water partition coefficient (Wildman–Crippen LogP) is 1.59. The SMILES string of the molecule is C#C[C@@]1(O)[C@@H]2O[P@](=O)(OCCCCC(=O)OC3CCCC3)OC[C@H]2O[C@H]1N1C=CC(=O)CC1=O. The monoisotopic (exact) mass is 497 g/mol. The number of unbranched alkanes of at least 4 members (excludes halogenated alkanes) is 1. The van der Waals surface area contributed by atoms with E-state index in [-0.39, 0.29) is 43.9 Å². The Morgan fingerprint density at radius 2 is 2.09 bits per heavy atom. The highest BCUT2D eigenvalue weighted by molar-refractivity contribution is 7.48. The highest BCUT2D eigenvalue weighted by atomic mass is 31.2. The molecule has 1 saturated carbocycles. The van der Waals surface area contributed by atoms with Crippen molar-refractivity contribution in [1.82, 2.24) is 4.90 Å². The summed E-state index contributed by atoms with van der Waals surface area (Å²) in [6.07, 6.45) is 9.06. The number of nitrogens with zero attached hydrogens (tertiary/aromatic N) is 1. The molecule has 0 spiro atoms. The third kappa shape index (κ3) is 5.28. The summed E-state index contributed by atoms with van der Waals surface area (Å²) >= 11 is 0. The number of carbonyl (C=O) groups excluding carboxylic acids is 3. The average molecular weight is 497 g/mol.